The molecule has 2 heterocycles. The van der Waals surface area contributed by atoms with Gasteiger partial charge in [0, 0.05) is 38.3 Å². The minimum absolute atomic E-state index is 0.215. The van der Waals surface area contributed by atoms with Crippen molar-refractivity contribution in [1.29, 1.82) is 0 Å². The summed E-state index contributed by atoms with van der Waals surface area (Å²) in [7, 11) is 2.17. The maximum atomic E-state index is 12.7. The van der Waals surface area contributed by atoms with E-state index in [-0.39, 0.29) is 5.69 Å². The lowest BCUT2D eigenvalue weighted by atomic mass is 9.92. The standard InChI is InChI=1S/C25H33N5O/c1-17(2)22-15-23(19(4)14-18(22)3)24-26-27-25(31)30(24)21-8-6-20(7-9-21)16-29-12-10-28(5)11-13-29/h6-9,14-15,17H,10-13,16H2,1-5H3,(H,27,31). The van der Waals surface area contributed by atoms with Gasteiger partial charge in [0.25, 0.3) is 0 Å². The predicted octanol–water partition coefficient (Wildman–Crippen LogP) is 3.72. The van der Waals surface area contributed by atoms with Gasteiger partial charge in [-0.15, -0.1) is 0 Å². The van der Waals surface area contributed by atoms with E-state index in [4.69, 9.17) is 0 Å². The summed E-state index contributed by atoms with van der Waals surface area (Å²) in [5.41, 5.74) is 6.55. The summed E-state index contributed by atoms with van der Waals surface area (Å²) in [5.74, 6) is 1.07. The number of aromatic amines is 1. The second kappa shape index (κ2) is 8.81. The van der Waals surface area contributed by atoms with Crippen molar-refractivity contribution in [3.8, 4) is 17.1 Å². The molecule has 0 amide bonds. The number of aryl methyl sites for hydroxylation is 2. The molecule has 1 aliphatic rings. The lowest BCUT2D eigenvalue weighted by molar-refractivity contribution is 0.148. The van der Waals surface area contributed by atoms with Gasteiger partial charge in [-0.25, -0.2) is 14.5 Å². The van der Waals surface area contributed by atoms with E-state index in [1.54, 1.807) is 4.57 Å². The highest BCUT2D eigenvalue weighted by atomic mass is 16.1. The van der Waals surface area contributed by atoms with E-state index in [9.17, 15) is 4.79 Å². The first-order chi connectivity index (χ1) is 14.8. The molecule has 1 fully saturated rings. The van der Waals surface area contributed by atoms with Crippen LogP contribution in [0.2, 0.25) is 0 Å². The van der Waals surface area contributed by atoms with Crippen molar-refractivity contribution in [2.24, 2.45) is 0 Å². The number of hydrogen-bond acceptors (Lipinski definition) is 4. The van der Waals surface area contributed by atoms with Crippen molar-refractivity contribution in [3.05, 3.63) is 69.1 Å². The minimum Gasteiger partial charge on any atom is -0.304 e. The molecule has 0 radical (unpaired) electrons. The van der Waals surface area contributed by atoms with Crippen molar-refractivity contribution in [2.75, 3.05) is 33.2 Å². The second-order valence-corrected chi connectivity index (χ2v) is 9.11. The molecule has 6 nitrogen and oxygen atoms in total. The average Bonchev–Trinajstić information content (AvgIpc) is 3.11. The van der Waals surface area contributed by atoms with Gasteiger partial charge in [0.1, 0.15) is 0 Å². The molecule has 1 aliphatic heterocycles. The van der Waals surface area contributed by atoms with Crippen LogP contribution in [0, 0.1) is 13.8 Å². The normalized spacial score (nSPS) is 15.7. The molecule has 0 spiro atoms. The molecule has 31 heavy (non-hydrogen) atoms. The van der Waals surface area contributed by atoms with Crippen LogP contribution < -0.4 is 5.69 Å². The zero-order valence-corrected chi connectivity index (χ0v) is 19.3. The number of rotatable bonds is 5. The van der Waals surface area contributed by atoms with E-state index in [1.165, 1.54) is 16.7 Å². The molecule has 1 aromatic heterocycles. The molecule has 2 aromatic carbocycles. The first kappa shape index (κ1) is 21.5. The Bertz CT molecular complexity index is 1100. The van der Waals surface area contributed by atoms with Crippen molar-refractivity contribution < 1.29 is 0 Å². The Morgan fingerprint density at radius 3 is 2.32 bits per heavy atom. The maximum absolute atomic E-state index is 12.7. The first-order valence-corrected chi connectivity index (χ1v) is 11.1. The van der Waals surface area contributed by atoms with Crippen LogP contribution in [0.25, 0.3) is 17.1 Å². The molecule has 164 valence electrons. The van der Waals surface area contributed by atoms with Gasteiger partial charge < -0.3 is 4.90 Å². The number of likely N-dealkylation sites (N-methyl/N-ethyl adjacent to an activating group) is 1. The van der Waals surface area contributed by atoms with Crippen LogP contribution in [-0.2, 0) is 6.54 Å². The highest BCUT2D eigenvalue weighted by Gasteiger charge is 2.18. The average molecular weight is 420 g/mol. The smallest absolute Gasteiger partial charge is 0.304 e. The summed E-state index contributed by atoms with van der Waals surface area (Å²) >= 11 is 0. The van der Waals surface area contributed by atoms with E-state index in [2.05, 4.69) is 79.0 Å². The molecular formula is C25H33N5O. The van der Waals surface area contributed by atoms with E-state index >= 15 is 0 Å². The fourth-order valence-corrected chi connectivity index (χ4v) is 4.46. The van der Waals surface area contributed by atoms with Crippen molar-refractivity contribution in [2.45, 2.75) is 40.2 Å². The van der Waals surface area contributed by atoms with E-state index < -0.39 is 0 Å². The van der Waals surface area contributed by atoms with Gasteiger partial charge in [0.2, 0.25) is 0 Å². The lowest BCUT2D eigenvalue weighted by Crippen LogP contribution is -2.43. The van der Waals surface area contributed by atoms with Gasteiger partial charge in [-0.2, -0.15) is 5.10 Å². The van der Waals surface area contributed by atoms with Crippen LogP contribution in [0.15, 0.2) is 41.2 Å². The van der Waals surface area contributed by atoms with Crippen molar-refractivity contribution >= 4 is 0 Å². The number of aromatic nitrogens is 3. The topological polar surface area (TPSA) is 57.2 Å². The fraction of sp³-hybridized carbons (Fsp3) is 0.440. The monoisotopic (exact) mass is 419 g/mol. The van der Waals surface area contributed by atoms with Crippen LogP contribution in [0.3, 0.4) is 0 Å². The number of hydrogen-bond donors (Lipinski definition) is 1. The lowest BCUT2D eigenvalue weighted by Gasteiger charge is -2.32. The Hall–Kier alpha value is -2.70. The fourth-order valence-electron chi connectivity index (χ4n) is 4.46. The van der Waals surface area contributed by atoms with E-state index in [0.29, 0.717) is 11.7 Å². The second-order valence-electron chi connectivity index (χ2n) is 9.11. The summed E-state index contributed by atoms with van der Waals surface area (Å²) in [4.78, 5) is 17.5. The number of nitrogens with zero attached hydrogens (tertiary/aromatic N) is 4. The molecule has 0 saturated carbocycles. The quantitative estimate of drug-likeness (QED) is 0.685. The Kier molecular flexibility index (Phi) is 6.12. The molecular weight excluding hydrogens is 386 g/mol. The molecule has 3 aromatic rings. The molecule has 0 atom stereocenters. The van der Waals surface area contributed by atoms with Crippen LogP contribution in [0.1, 0.15) is 42.0 Å². The molecule has 1 saturated heterocycles. The summed E-state index contributed by atoms with van der Waals surface area (Å²) < 4.78 is 1.68. The van der Waals surface area contributed by atoms with E-state index in [1.807, 2.05) is 12.1 Å². The maximum Gasteiger partial charge on any atom is 0.348 e. The van der Waals surface area contributed by atoms with Crippen molar-refractivity contribution in [3.63, 3.8) is 0 Å². The molecule has 6 heteroatoms. The number of H-pyrrole nitrogens is 1. The largest absolute Gasteiger partial charge is 0.348 e. The van der Waals surface area contributed by atoms with Crippen LogP contribution in [0.5, 0.6) is 0 Å². The molecule has 1 N–H and O–H groups in total. The Balaban J connectivity index is 1.64. The highest BCUT2D eigenvalue weighted by Crippen LogP contribution is 2.29. The number of benzene rings is 2. The minimum atomic E-state index is -0.215. The van der Waals surface area contributed by atoms with Crippen molar-refractivity contribution in [1.82, 2.24) is 24.6 Å². The summed E-state index contributed by atoms with van der Waals surface area (Å²) in [6, 6.07) is 12.7. The summed E-state index contributed by atoms with van der Waals surface area (Å²) in [5, 5.41) is 7.04. The summed E-state index contributed by atoms with van der Waals surface area (Å²) in [6.07, 6.45) is 0. The SMILES string of the molecule is Cc1cc(C)c(C(C)C)cc1-c1n[nH]c(=O)n1-c1ccc(CN2CCN(C)CC2)cc1. The third-order valence-electron chi connectivity index (χ3n) is 6.34. The van der Waals surface area contributed by atoms with Crippen LogP contribution in [0.4, 0.5) is 0 Å². The Morgan fingerprint density at radius 1 is 1.00 bits per heavy atom. The third-order valence-corrected chi connectivity index (χ3v) is 6.34. The molecule has 4 rings (SSSR count). The number of nitrogens with one attached hydrogen (secondary N) is 1. The van der Waals surface area contributed by atoms with Gasteiger partial charge in [-0.1, -0.05) is 32.0 Å². The van der Waals surface area contributed by atoms with Crippen LogP contribution >= 0.6 is 0 Å². The van der Waals surface area contributed by atoms with E-state index in [0.717, 1.165) is 49.5 Å². The Morgan fingerprint density at radius 2 is 1.68 bits per heavy atom. The predicted molar refractivity (Wildman–Crippen MR) is 126 cm³/mol. The van der Waals surface area contributed by atoms with Gasteiger partial charge in [0.05, 0.1) is 5.69 Å². The highest BCUT2D eigenvalue weighted by molar-refractivity contribution is 5.65. The third kappa shape index (κ3) is 4.50. The van der Waals surface area contributed by atoms with Crippen LogP contribution in [-0.4, -0.2) is 57.8 Å². The van der Waals surface area contributed by atoms with Gasteiger partial charge in [-0.3, -0.25) is 4.90 Å². The van der Waals surface area contributed by atoms with Gasteiger partial charge in [0.15, 0.2) is 5.82 Å². The summed E-state index contributed by atoms with van der Waals surface area (Å²) in [6.45, 7) is 14.0. The zero-order valence-electron chi connectivity index (χ0n) is 19.3. The zero-order chi connectivity index (χ0) is 22.1. The first-order valence-electron chi connectivity index (χ1n) is 11.1. The van der Waals surface area contributed by atoms with Gasteiger partial charge in [-0.05, 0) is 67.3 Å². The van der Waals surface area contributed by atoms with Gasteiger partial charge >= 0.3 is 5.69 Å². The Labute approximate surface area is 184 Å². The number of piperazine rings is 1. The molecule has 0 aliphatic carbocycles. The molecule has 0 unspecified atom stereocenters. The molecule has 0 bridgehead atoms.